The number of benzene rings is 1. The fourth-order valence-electron chi connectivity index (χ4n) is 3.41. The zero-order valence-electron chi connectivity index (χ0n) is 17.2. The van der Waals surface area contributed by atoms with E-state index in [4.69, 9.17) is 4.74 Å². The lowest BCUT2D eigenvalue weighted by Gasteiger charge is -2.06. The van der Waals surface area contributed by atoms with Crippen molar-refractivity contribution < 1.29 is 9.84 Å². The fraction of sp³-hybridized carbons (Fsp3) is 0.136. The zero-order chi connectivity index (χ0) is 22.4. The maximum atomic E-state index is 11.5. The molecule has 11 heteroatoms. The first-order valence-corrected chi connectivity index (χ1v) is 10.4. The molecule has 1 saturated carbocycles. The molecule has 164 valence electrons. The van der Waals surface area contributed by atoms with E-state index in [1.54, 1.807) is 12.3 Å². The van der Waals surface area contributed by atoms with Crippen LogP contribution in [-0.4, -0.2) is 45.3 Å². The molecule has 1 fully saturated rings. The number of H-pyrrole nitrogens is 2. The molecule has 11 nitrogen and oxygen atoms in total. The van der Waals surface area contributed by atoms with Crippen molar-refractivity contribution in [1.82, 2.24) is 34.1 Å². The predicted molar refractivity (Wildman–Crippen MR) is 117 cm³/mol. The maximum Gasteiger partial charge on any atom is 0.327 e. The minimum Gasteiger partial charge on any atom is -0.493 e. The van der Waals surface area contributed by atoms with Crippen LogP contribution in [0.25, 0.3) is 17.4 Å². The van der Waals surface area contributed by atoms with Crippen LogP contribution in [-0.2, 0) is 0 Å². The van der Waals surface area contributed by atoms with Crippen molar-refractivity contribution in [2.75, 3.05) is 0 Å². The number of rotatable bonds is 5. The number of aromatic hydroxyl groups is 1. The Morgan fingerprint density at radius 1 is 1.12 bits per heavy atom. The second-order valence-corrected chi connectivity index (χ2v) is 7.67. The number of hydrogen-bond acceptors (Lipinski definition) is 7. The third-order valence-electron chi connectivity index (χ3n) is 5.19. The molecule has 4 heterocycles. The van der Waals surface area contributed by atoms with Crippen LogP contribution in [0, 0.1) is 0 Å². The highest BCUT2D eigenvalue weighted by Crippen LogP contribution is 2.23. The minimum absolute atomic E-state index is 0.123. The van der Waals surface area contributed by atoms with Gasteiger partial charge in [-0.25, -0.2) is 9.79 Å². The summed E-state index contributed by atoms with van der Waals surface area (Å²) in [4.78, 5) is 29.9. The zero-order valence-corrected chi connectivity index (χ0v) is 17.2. The van der Waals surface area contributed by atoms with Gasteiger partial charge in [0.1, 0.15) is 11.4 Å². The van der Waals surface area contributed by atoms with Gasteiger partial charge in [-0.2, -0.15) is 19.6 Å². The number of aromatic amines is 2. The van der Waals surface area contributed by atoms with Gasteiger partial charge in [-0.3, -0.25) is 4.98 Å². The number of ether oxygens (including phenoxy) is 1. The summed E-state index contributed by atoms with van der Waals surface area (Å²) in [7, 11) is 0. The van der Waals surface area contributed by atoms with Crippen molar-refractivity contribution in [3.8, 4) is 23.3 Å². The van der Waals surface area contributed by atoms with E-state index in [0.717, 1.165) is 18.5 Å². The van der Waals surface area contributed by atoms with E-state index < -0.39 is 5.69 Å². The summed E-state index contributed by atoms with van der Waals surface area (Å²) in [5.41, 5.74) is 1.53. The molecule has 3 N–H and O–H groups in total. The number of hydrogen-bond donors (Lipinski definition) is 3. The lowest BCUT2D eigenvalue weighted by atomic mass is 10.3. The van der Waals surface area contributed by atoms with Crippen LogP contribution in [0.3, 0.4) is 0 Å². The number of fused-ring (bicyclic) bond motifs is 1. The molecule has 4 aromatic heterocycles. The Balaban J connectivity index is 1.43. The summed E-state index contributed by atoms with van der Waals surface area (Å²) >= 11 is 0. The highest BCUT2D eigenvalue weighted by atomic mass is 16.5. The minimum atomic E-state index is -0.512. The van der Waals surface area contributed by atoms with E-state index in [-0.39, 0.29) is 23.6 Å². The number of nitrogens with zero attached hydrogens (tertiary/aromatic N) is 6. The van der Waals surface area contributed by atoms with Gasteiger partial charge in [0, 0.05) is 23.3 Å². The summed E-state index contributed by atoms with van der Waals surface area (Å²) < 4.78 is 9.46. The van der Waals surface area contributed by atoms with Crippen LogP contribution in [0.15, 0.2) is 64.8 Å². The second kappa shape index (κ2) is 7.48. The first-order chi connectivity index (χ1) is 16.1. The summed E-state index contributed by atoms with van der Waals surface area (Å²) in [6, 6.07) is 11.8. The highest BCUT2D eigenvalue weighted by molar-refractivity contribution is 5.56. The van der Waals surface area contributed by atoms with Crippen LogP contribution in [0.5, 0.6) is 17.6 Å². The third kappa shape index (κ3) is 3.76. The molecule has 1 aromatic carbocycles. The van der Waals surface area contributed by atoms with Crippen LogP contribution in [0.2, 0.25) is 0 Å². The van der Waals surface area contributed by atoms with E-state index in [1.807, 2.05) is 53.4 Å². The van der Waals surface area contributed by atoms with Crippen LogP contribution >= 0.6 is 0 Å². The standard InChI is InChI=1S/C22H18N8O3/c31-19-17(25-21(32)27-19)11-13-12-23-30-18(13)26-22(28-20(30)24-14-3-4-14)33-16-7-5-15(6-8-16)29-9-1-2-10-29/h1-2,5-12,14,31H,3-4H2,(H2,25,27,32)/b13-11-,24-20?. The molecule has 0 unspecified atom stereocenters. The lowest BCUT2D eigenvalue weighted by molar-refractivity contribution is 0.435. The summed E-state index contributed by atoms with van der Waals surface area (Å²) in [5, 5.41) is 14.8. The average molecular weight is 442 g/mol. The Hall–Kier alpha value is -4.67. The normalized spacial score (nSPS) is 14.9. The van der Waals surface area contributed by atoms with Gasteiger partial charge in [-0.1, -0.05) is 0 Å². The van der Waals surface area contributed by atoms with Crippen LogP contribution < -0.4 is 21.3 Å². The summed E-state index contributed by atoms with van der Waals surface area (Å²) in [6.45, 7) is 0. The van der Waals surface area contributed by atoms with Crippen molar-refractivity contribution in [2.24, 2.45) is 4.99 Å². The molecule has 5 aromatic rings. The van der Waals surface area contributed by atoms with E-state index in [0.29, 0.717) is 22.2 Å². The monoisotopic (exact) mass is 442 g/mol. The fourth-order valence-corrected chi connectivity index (χ4v) is 3.41. The van der Waals surface area contributed by atoms with Crippen molar-refractivity contribution in [2.45, 2.75) is 18.9 Å². The van der Waals surface area contributed by atoms with Gasteiger partial charge in [-0.05, 0) is 55.3 Å². The Morgan fingerprint density at radius 2 is 1.91 bits per heavy atom. The summed E-state index contributed by atoms with van der Waals surface area (Å²) in [6.07, 6.45) is 9.06. The smallest absolute Gasteiger partial charge is 0.327 e. The van der Waals surface area contributed by atoms with Gasteiger partial charge in [0.15, 0.2) is 5.65 Å². The van der Waals surface area contributed by atoms with E-state index in [9.17, 15) is 9.90 Å². The largest absolute Gasteiger partial charge is 0.493 e. The number of nitrogens with one attached hydrogen (secondary N) is 2. The SMILES string of the molecule is O=c1[nH]c(O)c(/C=c2/cnn3c(=NC4CC4)nc(Oc4ccc(-n5cccc5)cc4)nc23)[nH]1. The molecule has 0 radical (unpaired) electrons. The molecule has 0 aliphatic heterocycles. The molecular formula is C22H18N8O3. The van der Waals surface area contributed by atoms with E-state index in [2.05, 4.69) is 30.0 Å². The third-order valence-corrected chi connectivity index (χ3v) is 5.19. The molecule has 0 atom stereocenters. The van der Waals surface area contributed by atoms with Crippen LogP contribution in [0.4, 0.5) is 0 Å². The Kier molecular flexibility index (Phi) is 4.32. The van der Waals surface area contributed by atoms with Gasteiger partial charge >= 0.3 is 11.7 Å². The van der Waals surface area contributed by atoms with Gasteiger partial charge in [-0.15, -0.1) is 0 Å². The quantitative estimate of drug-likeness (QED) is 0.372. The molecule has 0 bridgehead atoms. The molecular weight excluding hydrogens is 424 g/mol. The highest BCUT2D eigenvalue weighted by Gasteiger charge is 2.21. The first-order valence-electron chi connectivity index (χ1n) is 10.4. The Labute approximate surface area is 185 Å². The van der Waals surface area contributed by atoms with Gasteiger partial charge < -0.3 is 19.4 Å². The molecule has 1 aliphatic rings. The molecule has 0 saturated heterocycles. The predicted octanol–water partition coefficient (Wildman–Crippen LogP) is 1.04. The first kappa shape index (κ1) is 19.0. The molecule has 0 amide bonds. The molecule has 6 rings (SSSR count). The maximum absolute atomic E-state index is 11.5. The van der Waals surface area contributed by atoms with Gasteiger partial charge in [0.2, 0.25) is 5.88 Å². The number of aromatic nitrogens is 7. The van der Waals surface area contributed by atoms with Crippen molar-refractivity contribution in [1.29, 1.82) is 0 Å². The molecule has 33 heavy (non-hydrogen) atoms. The van der Waals surface area contributed by atoms with Crippen LogP contribution in [0.1, 0.15) is 18.5 Å². The average Bonchev–Trinajstić information content (AvgIpc) is 3.17. The van der Waals surface area contributed by atoms with E-state index >= 15 is 0 Å². The van der Waals surface area contributed by atoms with Crippen molar-refractivity contribution >= 4 is 11.7 Å². The van der Waals surface area contributed by atoms with E-state index in [1.165, 1.54) is 4.52 Å². The molecule has 0 spiro atoms. The van der Waals surface area contributed by atoms with Gasteiger partial charge in [0.25, 0.3) is 5.62 Å². The van der Waals surface area contributed by atoms with Crippen molar-refractivity contribution in [3.63, 3.8) is 0 Å². The second-order valence-electron chi connectivity index (χ2n) is 7.67. The Bertz CT molecular complexity index is 1620. The lowest BCUT2D eigenvalue weighted by Crippen LogP contribution is -2.23. The topological polar surface area (TPSA) is 138 Å². The van der Waals surface area contributed by atoms with Gasteiger partial charge in [0.05, 0.1) is 12.2 Å². The molecule has 1 aliphatic carbocycles. The summed E-state index contributed by atoms with van der Waals surface area (Å²) in [5.74, 6) is 0.306. The number of imidazole rings is 1. The van der Waals surface area contributed by atoms with Crippen molar-refractivity contribution in [3.05, 3.63) is 82.0 Å². The Morgan fingerprint density at radius 3 is 2.61 bits per heavy atom.